The minimum absolute atomic E-state index is 0.0183. The third kappa shape index (κ3) is 4.33. The summed E-state index contributed by atoms with van der Waals surface area (Å²) in [7, 11) is -1.68. The zero-order valence-corrected chi connectivity index (χ0v) is 12.3. The predicted molar refractivity (Wildman–Crippen MR) is 74.3 cm³/mol. The maximum atomic E-state index is 11.7. The van der Waals surface area contributed by atoms with Gasteiger partial charge in [-0.1, -0.05) is 19.1 Å². The maximum absolute atomic E-state index is 11.7. The highest BCUT2D eigenvalue weighted by Crippen LogP contribution is 2.11. The number of hydrogen-bond acceptors (Lipinski definition) is 3. The second-order valence-corrected chi connectivity index (χ2v) is 6.00. The highest BCUT2D eigenvalue weighted by atomic mass is 32.2. The Balaban J connectivity index is 2.80. The molecule has 0 spiro atoms. The van der Waals surface area contributed by atoms with Gasteiger partial charge in [0.1, 0.15) is 0 Å². The van der Waals surface area contributed by atoms with Gasteiger partial charge in [0, 0.05) is 20.1 Å². The molecule has 0 aliphatic heterocycles. The van der Waals surface area contributed by atoms with Gasteiger partial charge in [0.2, 0.25) is 15.9 Å². The molecule has 1 amide bonds. The number of amides is 1. The fourth-order valence-electron chi connectivity index (χ4n) is 1.55. The Morgan fingerprint density at radius 2 is 1.79 bits per heavy atom. The van der Waals surface area contributed by atoms with E-state index in [2.05, 4.69) is 4.72 Å². The third-order valence-corrected chi connectivity index (χ3v) is 4.38. The summed E-state index contributed by atoms with van der Waals surface area (Å²) in [6, 6.07) is 6.39. The minimum atomic E-state index is -3.42. The van der Waals surface area contributed by atoms with E-state index in [1.807, 2.05) is 6.92 Å². The van der Waals surface area contributed by atoms with Gasteiger partial charge in [0.15, 0.2) is 0 Å². The largest absolute Gasteiger partial charge is 0.346 e. The molecule has 1 rings (SSSR count). The first-order chi connectivity index (χ1) is 8.90. The molecule has 0 saturated heterocycles. The Morgan fingerprint density at radius 3 is 2.26 bits per heavy atom. The van der Waals surface area contributed by atoms with Crippen LogP contribution in [-0.2, 0) is 21.2 Å². The molecule has 0 saturated carbocycles. The van der Waals surface area contributed by atoms with Gasteiger partial charge < -0.3 is 4.90 Å². The molecule has 5 nitrogen and oxygen atoms in total. The Hall–Kier alpha value is -1.40. The van der Waals surface area contributed by atoms with E-state index in [1.54, 1.807) is 31.0 Å². The van der Waals surface area contributed by atoms with E-state index < -0.39 is 10.0 Å². The second-order valence-electron chi connectivity index (χ2n) is 4.23. The van der Waals surface area contributed by atoms with Crippen LogP contribution in [0.25, 0.3) is 0 Å². The average molecular weight is 284 g/mol. The Morgan fingerprint density at radius 1 is 1.21 bits per heavy atom. The lowest BCUT2D eigenvalue weighted by Crippen LogP contribution is -2.27. The number of nitrogens with one attached hydrogen (secondary N) is 1. The van der Waals surface area contributed by atoms with Gasteiger partial charge in [0.25, 0.3) is 0 Å². The number of carbonyl (C=O) groups is 1. The normalized spacial score (nSPS) is 11.3. The van der Waals surface area contributed by atoms with Crippen LogP contribution in [0.2, 0.25) is 0 Å². The zero-order valence-electron chi connectivity index (χ0n) is 11.5. The number of nitrogens with zero attached hydrogens (tertiary/aromatic N) is 1. The number of carbonyl (C=O) groups excluding carboxylic acids is 1. The standard InChI is InChI=1S/C13H20N2O3S/c1-4-14-19(17,18)12-8-6-11(7-9-12)10-13(16)15(3)5-2/h6-9,14H,4-5,10H2,1-3H3. The van der Waals surface area contributed by atoms with Gasteiger partial charge in [-0.15, -0.1) is 0 Å². The highest BCUT2D eigenvalue weighted by molar-refractivity contribution is 7.89. The molecule has 1 N–H and O–H groups in total. The predicted octanol–water partition coefficient (Wildman–Crippen LogP) is 1.01. The zero-order chi connectivity index (χ0) is 14.5. The molecule has 106 valence electrons. The van der Waals surface area contributed by atoms with Gasteiger partial charge >= 0.3 is 0 Å². The first-order valence-electron chi connectivity index (χ1n) is 6.23. The van der Waals surface area contributed by atoms with E-state index in [0.717, 1.165) is 5.56 Å². The van der Waals surface area contributed by atoms with Crippen molar-refractivity contribution >= 4 is 15.9 Å². The third-order valence-electron chi connectivity index (χ3n) is 2.82. The van der Waals surface area contributed by atoms with Crippen molar-refractivity contribution in [3.8, 4) is 0 Å². The van der Waals surface area contributed by atoms with E-state index in [4.69, 9.17) is 0 Å². The summed E-state index contributed by atoms with van der Waals surface area (Å²) in [5.41, 5.74) is 0.806. The monoisotopic (exact) mass is 284 g/mol. The van der Waals surface area contributed by atoms with E-state index >= 15 is 0 Å². The topological polar surface area (TPSA) is 66.5 Å². The van der Waals surface area contributed by atoms with Crippen LogP contribution in [0.5, 0.6) is 0 Å². The molecule has 0 atom stereocenters. The average Bonchev–Trinajstić information content (AvgIpc) is 2.38. The van der Waals surface area contributed by atoms with Crippen LogP contribution in [0.1, 0.15) is 19.4 Å². The van der Waals surface area contributed by atoms with Crippen molar-refractivity contribution in [2.24, 2.45) is 0 Å². The van der Waals surface area contributed by atoms with Gasteiger partial charge in [-0.05, 0) is 24.6 Å². The molecule has 0 radical (unpaired) electrons. The lowest BCUT2D eigenvalue weighted by atomic mass is 10.1. The second kappa shape index (κ2) is 6.68. The lowest BCUT2D eigenvalue weighted by Gasteiger charge is -2.14. The molecule has 6 heteroatoms. The molecule has 1 aromatic carbocycles. The van der Waals surface area contributed by atoms with Crippen molar-refractivity contribution in [1.82, 2.24) is 9.62 Å². The first-order valence-corrected chi connectivity index (χ1v) is 7.71. The summed E-state index contributed by atoms with van der Waals surface area (Å²) in [4.78, 5) is 13.6. The van der Waals surface area contributed by atoms with Crippen LogP contribution in [-0.4, -0.2) is 39.4 Å². The Kier molecular flexibility index (Phi) is 5.50. The SMILES string of the molecule is CCNS(=O)(=O)c1ccc(CC(=O)N(C)CC)cc1. The number of benzene rings is 1. The maximum Gasteiger partial charge on any atom is 0.240 e. The summed E-state index contributed by atoms with van der Waals surface area (Å²) < 4.78 is 25.9. The van der Waals surface area contributed by atoms with Crippen molar-refractivity contribution in [3.63, 3.8) is 0 Å². The summed E-state index contributed by atoms with van der Waals surface area (Å²) in [6.45, 7) is 4.64. The number of hydrogen-bond donors (Lipinski definition) is 1. The van der Waals surface area contributed by atoms with E-state index in [1.165, 1.54) is 12.1 Å². The highest BCUT2D eigenvalue weighted by Gasteiger charge is 2.13. The fourth-order valence-corrected chi connectivity index (χ4v) is 2.59. The van der Waals surface area contributed by atoms with Gasteiger partial charge in [-0.2, -0.15) is 0 Å². The van der Waals surface area contributed by atoms with E-state index in [9.17, 15) is 13.2 Å². The van der Waals surface area contributed by atoms with Crippen molar-refractivity contribution in [3.05, 3.63) is 29.8 Å². The molecule has 0 aliphatic carbocycles. The van der Waals surface area contributed by atoms with Crippen molar-refractivity contribution < 1.29 is 13.2 Å². The van der Waals surface area contributed by atoms with Gasteiger partial charge in [0.05, 0.1) is 11.3 Å². The summed E-state index contributed by atoms with van der Waals surface area (Å²) in [6.07, 6.45) is 0.284. The molecule has 19 heavy (non-hydrogen) atoms. The smallest absolute Gasteiger partial charge is 0.240 e. The molecule has 0 fully saturated rings. The minimum Gasteiger partial charge on any atom is -0.346 e. The molecule has 1 aromatic rings. The van der Waals surface area contributed by atoms with Crippen molar-refractivity contribution in [1.29, 1.82) is 0 Å². The van der Waals surface area contributed by atoms with Crippen LogP contribution in [0.3, 0.4) is 0 Å². The van der Waals surface area contributed by atoms with Crippen LogP contribution < -0.4 is 4.72 Å². The molecule has 0 aromatic heterocycles. The summed E-state index contributed by atoms with van der Waals surface area (Å²) >= 11 is 0. The van der Waals surface area contributed by atoms with Gasteiger partial charge in [-0.25, -0.2) is 13.1 Å². The fraction of sp³-hybridized carbons (Fsp3) is 0.462. The van der Waals surface area contributed by atoms with Crippen LogP contribution in [0, 0.1) is 0 Å². The summed E-state index contributed by atoms with van der Waals surface area (Å²) in [5.74, 6) is 0.0183. The lowest BCUT2D eigenvalue weighted by molar-refractivity contribution is -0.128. The molecular formula is C13H20N2O3S. The Bertz CT molecular complexity index is 523. The van der Waals surface area contributed by atoms with Crippen LogP contribution in [0.15, 0.2) is 29.2 Å². The molecule has 0 bridgehead atoms. The van der Waals surface area contributed by atoms with E-state index in [0.29, 0.717) is 13.1 Å². The number of rotatable bonds is 6. The Labute approximate surface area is 114 Å². The first kappa shape index (κ1) is 15.7. The van der Waals surface area contributed by atoms with Crippen molar-refractivity contribution in [2.45, 2.75) is 25.2 Å². The van der Waals surface area contributed by atoms with Crippen LogP contribution >= 0.6 is 0 Å². The number of likely N-dealkylation sites (N-methyl/N-ethyl adjacent to an activating group) is 1. The molecule has 0 aliphatic rings. The molecule has 0 unspecified atom stereocenters. The quantitative estimate of drug-likeness (QED) is 0.847. The summed E-state index contributed by atoms with van der Waals surface area (Å²) in [5, 5.41) is 0. The van der Waals surface area contributed by atoms with E-state index in [-0.39, 0.29) is 17.2 Å². The van der Waals surface area contributed by atoms with Gasteiger partial charge in [-0.3, -0.25) is 4.79 Å². The molecule has 0 heterocycles. The number of sulfonamides is 1. The molecular weight excluding hydrogens is 264 g/mol. The van der Waals surface area contributed by atoms with Crippen LogP contribution in [0.4, 0.5) is 0 Å². The van der Waals surface area contributed by atoms with Crippen molar-refractivity contribution in [2.75, 3.05) is 20.1 Å².